The number of hydrogen-bond donors (Lipinski definition) is 2. The van der Waals surface area contributed by atoms with Crippen molar-refractivity contribution >= 4 is 29.8 Å². The van der Waals surface area contributed by atoms with Crippen molar-refractivity contribution in [2.45, 2.75) is 44.7 Å². The van der Waals surface area contributed by atoms with Crippen molar-refractivity contribution in [2.75, 3.05) is 24.3 Å². The number of aromatic nitrogens is 3. The quantitative estimate of drug-likeness (QED) is 0.191. The molecule has 9 nitrogen and oxygen atoms in total. The van der Waals surface area contributed by atoms with Gasteiger partial charge in [0.15, 0.2) is 0 Å². The van der Waals surface area contributed by atoms with Crippen LogP contribution in [0.3, 0.4) is 0 Å². The molecule has 0 saturated heterocycles. The number of carbonyl (C=O) groups excluding carboxylic acids is 1. The van der Waals surface area contributed by atoms with Crippen molar-refractivity contribution in [2.24, 2.45) is 5.10 Å². The van der Waals surface area contributed by atoms with Crippen molar-refractivity contribution < 1.29 is 4.79 Å². The van der Waals surface area contributed by atoms with E-state index in [4.69, 9.17) is 5.10 Å². The molecule has 42 heavy (non-hydrogen) atoms. The Morgan fingerprint density at radius 3 is 2.36 bits per heavy atom. The number of para-hydroxylation sites is 1. The van der Waals surface area contributed by atoms with E-state index in [1.54, 1.807) is 9.69 Å². The minimum Gasteiger partial charge on any atom is -0.371 e. The molecule has 2 aromatic heterocycles. The number of anilines is 2. The predicted octanol–water partition coefficient (Wildman–Crippen LogP) is 6.06. The van der Waals surface area contributed by atoms with Gasteiger partial charge in [-0.3, -0.25) is 15.3 Å². The van der Waals surface area contributed by atoms with Gasteiger partial charge in [-0.15, -0.1) is 0 Å². The highest BCUT2D eigenvalue weighted by molar-refractivity contribution is 5.90. The number of carbonyl (C=O) groups is 1. The summed E-state index contributed by atoms with van der Waals surface area (Å²) in [5.41, 5.74) is 5.73. The molecule has 0 bridgehead atoms. The Morgan fingerprint density at radius 1 is 1.02 bits per heavy atom. The molecule has 4 aromatic rings. The lowest BCUT2D eigenvalue weighted by Gasteiger charge is -2.26. The van der Waals surface area contributed by atoms with Gasteiger partial charge in [-0.1, -0.05) is 48.5 Å². The zero-order chi connectivity index (χ0) is 29.6. The number of amides is 2. The molecule has 0 unspecified atom stereocenters. The van der Waals surface area contributed by atoms with Gasteiger partial charge in [-0.25, -0.2) is 9.48 Å². The standard InChI is InChI=1S/C33H38N8O/c1-23(22-39(4)34-3)31-24(2)32(41(38-31)27-14-10-7-11-15-27)37-33(42)36-30-21-28(40(5)26-16-18-35-19-17-26)20-29(30)25-12-8-6-9-13-25/h6-19,22,28-30H,3,20-21H2,1-2,4-5H3,(H2,36,37,42)/b23-22+/t28-,29-,30+/m0/s1. The van der Waals surface area contributed by atoms with Gasteiger partial charge in [0.2, 0.25) is 0 Å². The van der Waals surface area contributed by atoms with Crippen LogP contribution in [0.4, 0.5) is 16.3 Å². The highest BCUT2D eigenvalue weighted by Crippen LogP contribution is 2.38. The van der Waals surface area contributed by atoms with Crippen molar-refractivity contribution in [1.82, 2.24) is 25.1 Å². The Bertz CT molecular complexity index is 1530. The molecule has 2 N–H and O–H groups in total. The molecule has 1 fully saturated rings. The first-order valence-corrected chi connectivity index (χ1v) is 14.1. The Hall–Kier alpha value is -4.92. The summed E-state index contributed by atoms with van der Waals surface area (Å²) in [5.74, 6) is 0.796. The third-order valence-electron chi connectivity index (χ3n) is 8.03. The number of hydrogen-bond acceptors (Lipinski definition) is 6. The molecule has 5 rings (SSSR count). The molecule has 0 spiro atoms. The summed E-state index contributed by atoms with van der Waals surface area (Å²) in [6.07, 6.45) is 7.23. The Labute approximate surface area is 247 Å². The van der Waals surface area contributed by atoms with Crippen LogP contribution in [0.5, 0.6) is 0 Å². The van der Waals surface area contributed by atoms with Crippen LogP contribution < -0.4 is 15.5 Å². The number of allylic oxidation sites excluding steroid dienone is 1. The highest BCUT2D eigenvalue weighted by Gasteiger charge is 2.38. The Balaban J connectivity index is 1.42. The van der Waals surface area contributed by atoms with Crippen molar-refractivity contribution in [3.63, 3.8) is 0 Å². The van der Waals surface area contributed by atoms with Gasteiger partial charge in [0, 0.05) is 68.7 Å². The van der Waals surface area contributed by atoms with Crippen molar-refractivity contribution in [1.29, 1.82) is 0 Å². The molecular formula is C33H38N8O. The fourth-order valence-electron chi connectivity index (χ4n) is 5.81. The molecule has 9 heteroatoms. The SMILES string of the molecule is C=NN(C)/C=C(\C)c1nn(-c2ccccc2)c(NC(=O)N[C@@H]2C[C@@H](N(C)c3ccncc3)C[C@H]2c2ccccc2)c1C. The number of nitrogens with one attached hydrogen (secondary N) is 2. The van der Waals surface area contributed by atoms with E-state index in [-0.39, 0.29) is 24.0 Å². The summed E-state index contributed by atoms with van der Waals surface area (Å²) in [7, 11) is 3.93. The van der Waals surface area contributed by atoms with Crippen LogP contribution in [0, 0.1) is 6.92 Å². The minimum atomic E-state index is -0.258. The van der Waals surface area contributed by atoms with E-state index in [0.29, 0.717) is 5.82 Å². The number of pyridine rings is 1. The third kappa shape index (κ3) is 6.20. The molecule has 2 amide bonds. The first-order chi connectivity index (χ1) is 20.4. The number of nitrogens with zero attached hydrogens (tertiary/aromatic N) is 6. The highest BCUT2D eigenvalue weighted by atomic mass is 16.2. The van der Waals surface area contributed by atoms with Gasteiger partial charge in [-0.2, -0.15) is 10.2 Å². The zero-order valence-electron chi connectivity index (χ0n) is 24.6. The Kier molecular flexibility index (Phi) is 8.66. The van der Waals surface area contributed by atoms with Gasteiger partial charge in [0.1, 0.15) is 5.82 Å². The average molecular weight is 563 g/mol. The molecule has 1 aliphatic carbocycles. The van der Waals surface area contributed by atoms with Crippen LogP contribution in [0.1, 0.15) is 42.5 Å². The number of rotatable bonds is 9. The molecule has 1 aliphatic rings. The molecule has 2 heterocycles. The second-order valence-corrected chi connectivity index (χ2v) is 10.8. The smallest absolute Gasteiger partial charge is 0.320 e. The maximum atomic E-state index is 13.7. The second-order valence-electron chi connectivity index (χ2n) is 10.8. The molecule has 3 atom stereocenters. The van der Waals surface area contributed by atoms with Crippen molar-refractivity contribution in [3.05, 3.63) is 108 Å². The first kappa shape index (κ1) is 28.6. The summed E-state index contributed by atoms with van der Waals surface area (Å²) in [4.78, 5) is 20.2. The molecule has 1 saturated carbocycles. The fraction of sp³-hybridized carbons (Fsp3) is 0.273. The minimum absolute atomic E-state index is 0.0523. The van der Waals surface area contributed by atoms with Gasteiger partial charge < -0.3 is 10.2 Å². The van der Waals surface area contributed by atoms with Crippen molar-refractivity contribution in [3.8, 4) is 5.69 Å². The largest absolute Gasteiger partial charge is 0.371 e. The topological polar surface area (TPSA) is 90.7 Å². The summed E-state index contributed by atoms with van der Waals surface area (Å²) in [6, 6.07) is 24.2. The Morgan fingerprint density at radius 2 is 1.69 bits per heavy atom. The summed E-state index contributed by atoms with van der Waals surface area (Å²) in [5, 5.41) is 16.9. The summed E-state index contributed by atoms with van der Waals surface area (Å²) in [6.45, 7) is 7.53. The van der Waals surface area contributed by atoms with Crippen LogP contribution >= 0.6 is 0 Å². The van der Waals surface area contributed by atoms with Crippen LogP contribution in [-0.4, -0.2) is 58.7 Å². The number of hydrazone groups is 1. The van der Waals surface area contributed by atoms with E-state index >= 15 is 0 Å². The molecule has 0 aliphatic heterocycles. The number of benzene rings is 2. The lowest BCUT2D eigenvalue weighted by atomic mass is 9.94. The number of urea groups is 1. The van der Waals surface area contributed by atoms with Crippen LogP contribution in [-0.2, 0) is 0 Å². The monoisotopic (exact) mass is 562 g/mol. The molecular weight excluding hydrogens is 524 g/mol. The van der Waals surface area contributed by atoms with Gasteiger partial charge >= 0.3 is 6.03 Å². The van der Waals surface area contributed by atoms with E-state index in [9.17, 15) is 4.79 Å². The predicted molar refractivity (Wildman–Crippen MR) is 170 cm³/mol. The fourth-order valence-corrected chi connectivity index (χ4v) is 5.81. The average Bonchev–Trinajstić information content (AvgIpc) is 3.59. The van der Waals surface area contributed by atoms with Crippen LogP contribution in [0.2, 0.25) is 0 Å². The van der Waals surface area contributed by atoms with Crippen LogP contribution in [0.15, 0.2) is 96.5 Å². The van der Waals surface area contributed by atoms with E-state index in [1.807, 2.05) is 88.0 Å². The first-order valence-electron chi connectivity index (χ1n) is 14.1. The van der Waals surface area contributed by atoms with Gasteiger partial charge in [-0.05, 0) is 62.1 Å². The van der Waals surface area contributed by atoms with Gasteiger partial charge in [0.05, 0.1) is 11.4 Å². The summed E-state index contributed by atoms with van der Waals surface area (Å²) >= 11 is 0. The second kappa shape index (κ2) is 12.7. The summed E-state index contributed by atoms with van der Waals surface area (Å²) < 4.78 is 1.78. The maximum Gasteiger partial charge on any atom is 0.320 e. The molecule has 0 radical (unpaired) electrons. The normalized spacial score (nSPS) is 18.4. The van der Waals surface area contributed by atoms with E-state index in [1.165, 1.54) is 5.56 Å². The van der Waals surface area contributed by atoms with E-state index in [2.05, 4.69) is 63.6 Å². The maximum absolute atomic E-state index is 13.7. The van der Waals surface area contributed by atoms with E-state index in [0.717, 1.165) is 41.0 Å². The zero-order valence-corrected chi connectivity index (χ0v) is 24.6. The molecule has 216 valence electrons. The van der Waals surface area contributed by atoms with Gasteiger partial charge in [0.25, 0.3) is 0 Å². The third-order valence-corrected chi connectivity index (χ3v) is 8.03. The lowest BCUT2D eigenvalue weighted by molar-refractivity contribution is 0.247. The molecule has 2 aromatic carbocycles. The van der Waals surface area contributed by atoms with Crippen LogP contribution in [0.25, 0.3) is 11.3 Å². The van der Waals surface area contributed by atoms with E-state index < -0.39 is 0 Å². The lowest BCUT2D eigenvalue weighted by Crippen LogP contribution is -2.40.